The van der Waals surface area contributed by atoms with Crippen LogP contribution in [0.4, 0.5) is 0 Å². The number of carbonyl (C=O) groups excluding carboxylic acids is 2. The first-order chi connectivity index (χ1) is 15.6. The number of hydrogen-bond acceptors (Lipinski definition) is 4. The molecule has 0 N–H and O–H groups in total. The minimum absolute atomic E-state index is 0.0251. The van der Waals surface area contributed by atoms with Crippen molar-refractivity contribution in [1.82, 2.24) is 9.80 Å². The molecule has 1 saturated heterocycles. The zero-order valence-electron chi connectivity index (χ0n) is 18.0. The zero-order chi connectivity index (χ0) is 22.3. The van der Waals surface area contributed by atoms with Crippen LogP contribution in [0.2, 0.25) is 0 Å². The van der Waals surface area contributed by atoms with Crippen molar-refractivity contribution in [3.63, 3.8) is 0 Å². The van der Waals surface area contributed by atoms with E-state index in [0.29, 0.717) is 18.8 Å². The van der Waals surface area contributed by atoms with E-state index in [9.17, 15) is 9.59 Å². The first-order valence-electron chi connectivity index (χ1n) is 10.5. The van der Waals surface area contributed by atoms with Crippen LogP contribution in [0.1, 0.15) is 16.7 Å². The maximum Gasteiger partial charge on any atom is 0.256 e. The molecule has 3 aromatic carbocycles. The molecule has 1 heterocycles. The van der Waals surface area contributed by atoms with Gasteiger partial charge in [-0.05, 0) is 28.8 Å². The normalized spacial score (nSPS) is 16.3. The van der Waals surface area contributed by atoms with Crippen LogP contribution in [0.5, 0.6) is 5.75 Å². The maximum atomic E-state index is 13.5. The van der Waals surface area contributed by atoms with E-state index in [1.165, 1.54) is 11.8 Å². The molecule has 3 aromatic rings. The number of benzene rings is 3. The molecule has 1 aliphatic heterocycles. The number of amides is 2. The van der Waals surface area contributed by atoms with Crippen molar-refractivity contribution in [2.75, 3.05) is 13.7 Å². The average molecular weight is 447 g/mol. The highest BCUT2D eigenvalue weighted by Gasteiger charge is 2.39. The fourth-order valence-corrected chi connectivity index (χ4v) is 4.91. The zero-order valence-corrected chi connectivity index (χ0v) is 18.8. The molecule has 1 fully saturated rings. The van der Waals surface area contributed by atoms with Crippen molar-refractivity contribution in [2.24, 2.45) is 0 Å². The van der Waals surface area contributed by atoms with E-state index in [0.717, 1.165) is 22.4 Å². The Labute approximate surface area is 193 Å². The van der Waals surface area contributed by atoms with Gasteiger partial charge in [-0.1, -0.05) is 72.8 Å². The summed E-state index contributed by atoms with van der Waals surface area (Å²) in [6.45, 7) is 0.954. The third-order valence-electron chi connectivity index (χ3n) is 5.43. The van der Waals surface area contributed by atoms with Crippen molar-refractivity contribution in [3.05, 3.63) is 102 Å². The molecule has 1 aliphatic rings. The Morgan fingerprint density at radius 1 is 0.812 bits per heavy atom. The number of carbonyl (C=O) groups is 2. The third-order valence-corrected chi connectivity index (χ3v) is 6.70. The number of thioether (sulfide) groups is 1. The second-order valence-electron chi connectivity index (χ2n) is 7.70. The molecular formula is C26H26N2O3S. The summed E-state index contributed by atoms with van der Waals surface area (Å²) in [7, 11) is 1.64. The van der Waals surface area contributed by atoms with Crippen molar-refractivity contribution in [3.8, 4) is 5.75 Å². The van der Waals surface area contributed by atoms with E-state index >= 15 is 0 Å². The summed E-state index contributed by atoms with van der Waals surface area (Å²) >= 11 is 1.49. The van der Waals surface area contributed by atoms with Crippen LogP contribution >= 0.6 is 11.8 Å². The lowest BCUT2D eigenvalue weighted by Crippen LogP contribution is -2.57. The van der Waals surface area contributed by atoms with Crippen LogP contribution in [0.15, 0.2) is 84.9 Å². The first-order valence-corrected chi connectivity index (χ1v) is 11.6. The number of piperazine rings is 1. The molecule has 0 aromatic heterocycles. The van der Waals surface area contributed by atoms with Crippen LogP contribution in [0.25, 0.3) is 0 Å². The predicted molar refractivity (Wildman–Crippen MR) is 127 cm³/mol. The quantitative estimate of drug-likeness (QED) is 0.517. The van der Waals surface area contributed by atoms with E-state index in [4.69, 9.17) is 4.74 Å². The molecule has 32 heavy (non-hydrogen) atoms. The Kier molecular flexibility index (Phi) is 7.12. The van der Waals surface area contributed by atoms with Gasteiger partial charge in [-0.25, -0.2) is 0 Å². The lowest BCUT2D eigenvalue weighted by atomic mass is 10.1. The Hall–Kier alpha value is -3.25. The Morgan fingerprint density at radius 2 is 1.41 bits per heavy atom. The largest absolute Gasteiger partial charge is 0.497 e. The summed E-state index contributed by atoms with van der Waals surface area (Å²) in [4.78, 5) is 30.0. The van der Waals surface area contributed by atoms with Crippen LogP contribution in [0.3, 0.4) is 0 Å². The van der Waals surface area contributed by atoms with Gasteiger partial charge in [0.05, 0.1) is 7.11 Å². The monoisotopic (exact) mass is 446 g/mol. The van der Waals surface area contributed by atoms with Crippen molar-refractivity contribution in [1.29, 1.82) is 0 Å². The van der Waals surface area contributed by atoms with Crippen LogP contribution in [-0.4, -0.2) is 40.6 Å². The number of rotatable bonds is 8. The van der Waals surface area contributed by atoms with E-state index < -0.39 is 5.37 Å². The molecule has 2 amide bonds. The summed E-state index contributed by atoms with van der Waals surface area (Å²) in [6.07, 6.45) is 0. The predicted octanol–water partition coefficient (Wildman–Crippen LogP) is 4.33. The van der Waals surface area contributed by atoms with Gasteiger partial charge in [0.15, 0.2) is 5.37 Å². The molecule has 5 nitrogen and oxygen atoms in total. The lowest BCUT2D eigenvalue weighted by Gasteiger charge is -2.40. The average Bonchev–Trinajstić information content (AvgIpc) is 2.83. The summed E-state index contributed by atoms with van der Waals surface area (Å²) in [6, 6.07) is 27.4. The summed E-state index contributed by atoms with van der Waals surface area (Å²) in [5.74, 6) is 1.36. The summed E-state index contributed by atoms with van der Waals surface area (Å²) < 4.78 is 5.23. The van der Waals surface area contributed by atoms with Gasteiger partial charge >= 0.3 is 0 Å². The van der Waals surface area contributed by atoms with E-state index in [1.807, 2.05) is 84.9 Å². The van der Waals surface area contributed by atoms with Gasteiger partial charge in [-0.15, -0.1) is 11.8 Å². The fourth-order valence-electron chi connectivity index (χ4n) is 3.70. The van der Waals surface area contributed by atoms with Gasteiger partial charge in [-0.3, -0.25) is 9.59 Å². The van der Waals surface area contributed by atoms with Gasteiger partial charge in [0.1, 0.15) is 12.3 Å². The third kappa shape index (κ3) is 5.32. The Bertz CT molecular complexity index is 1040. The highest BCUT2D eigenvalue weighted by atomic mass is 32.2. The molecule has 4 rings (SSSR count). The van der Waals surface area contributed by atoms with Gasteiger partial charge in [-0.2, -0.15) is 0 Å². The van der Waals surface area contributed by atoms with Crippen molar-refractivity contribution in [2.45, 2.75) is 24.2 Å². The second-order valence-corrected chi connectivity index (χ2v) is 8.77. The summed E-state index contributed by atoms with van der Waals surface area (Å²) in [5.41, 5.74) is 3.11. The van der Waals surface area contributed by atoms with E-state index in [-0.39, 0.29) is 18.4 Å². The smallest absolute Gasteiger partial charge is 0.256 e. The van der Waals surface area contributed by atoms with Gasteiger partial charge in [0, 0.05) is 18.8 Å². The molecule has 1 atom stereocenters. The molecule has 0 aliphatic carbocycles. The molecule has 0 bridgehead atoms. The number of nitrogens with zero attached hydrogens (tertiary/aromatic N) is 2. The molecule has 0 radical (unpaired) electrons. The number of ether oxygens (including phenoxy) is 1. The Balaban J connectivity index is 1.54. The topological polar surface area (TPSA) is 49.9 Å². The standard InChI is InChI=1S/C26H26N2O3S/c1-31-23-14-12-22(13-15-23)19-32-26-25(30)27(16-20-8-4-2-5-9-20)18-24(29)28(26)17-21-10-6-3-7-11-21/h2-15,26H,16-19H2,1H3. The highest BCUT2D eigenvalue weighted by molar-refractivity contribution is 7.99. The first kappa shape index (κ1) is 22.0. The molecule has 0 saturated carbocycles. The number of methoxy groups -OCH3 is 1. The van der Waals surface area contributed by atoms with E-state index in [1.54, 1.807) is 16.9 Å². The van der Waals surface area contributed by atoms with E-state index in [2.05, 4.69) is 0 Å². The molecule has 164 valence electrons. The molecule has 1 unspecified atom stereocenters. The van der Waals surface area contributed by atoms with Crippen LogP contribution in [0, 0.1) is 0 Å². The molecular weight excluding hydrogens is 420 g/mol. The highest BCUT2D eigenvalue weighted by Crippen LogP contribution is 2.29. The van der Waals surface area contributed by atoms with Gasteiger partial charge in [0.2, 0.25) is 5.91 Å². The maximum absolute atomic E-state index is 13.5. The molecule has 6 heteroatoms. The minimum Gasteiger partial charge on any atom is -0.497 e. The SMILES string of the molecule is COc1ccc(CSC2C(=O)N(Cc3ccccc3)CC(=O)N2Cc2ccccc2)cc1. The van der Waals surface area contributed by atoms with Crippen LogP contribution in [-0.2, 0) is 28.4 Å². The van der Waals surface area contributed by atoms with Crippen LogP contribution < -0.4 is 4.74 Å². The van der Waals surface area contributed by atoms with Crippen molar-refractivity contribution >= 4 is 23.6 Å². The molecule has 0 spiro atoms. The van der Waals surface area contributed by atoms with Gasteiger partial charge in [0.25, 0.3) is 5.91 Å². The Morgan fingerprint density at radius 3 is 2.00 bits per heavy atom. The summed E-state index contributed by atoms with van der Waals surface area (Å²) in [5, 5.41) is -0.567. The van der Waals surface area contributed by atoms with Gasteiger partial charge < -0.3 is 14.5 Å². The minimum atomic E-state index is -0.567. The second kappa shape index (κ2) is 10.4. The lowest BCUT2D eigenvalue weighted by molar-refractivity contribution is -0.152. The fraction of sp³-hybridized carbons (Fsp3) is 0.231. The van der Waals surface area contributed by atoms with Crippen molar-refractivity contribution < 1.29 is 14.3 Å². The number of hydrogen-bond donors (Lipinski definition) is 0.